The second-order valence-corrected chi connectivity index (χ2v) is 3.09. The van der Waals surface area contributed by atoms with E-state index in [0.29, 0.717) is 0 Å². The van der Waals surface area contributed by atoms with Gasteiger partial charge in [0.15, 0.2) is 0 Å². The first-order chi connectivity index (χ1) is 7.70. The Morgan fingerprint density at radius 2 is 1.75 bits per heavy atom. The third-order valence-electron chi connectivity index (χ3n) is 1.87. The van der Waals surface area contributed by atoms with Crippen LogP contribution < -0.4 is 5.32 Å². The Kier molecular flexibility index (Phi) is 9.39. The van der Waals surface area contributed by atoms with Gasteiger partial charge in [0.05, 0.1) is 14.2 Å². The number of methoxy groups -OCH3 is 2. The smallest absolute Gasteiger partial charge is 0.407 e. The summed E-state index contributed by atoms with van der Waals surface area (Å²) in [6.45, 7) is 1.84. The predicted octanol–water partition coefficient (Wildman–Crippen LogP) is 0.702. The van der Waals surface area contributed by atoms with Crippen LogP contribution in [0.5, 0.6) is 0 Å². The van der Waals surface area contributed by atoms with Crippen molar-refractivity contribution in [2.45, 2.75) is 19.3 Å². The molecule has 0 spiro atoms. The molecule has 1 N–H and O–H groups in total. The molecule has 0 unspecified atom stereocenters. The molecule has 0 aromatic rings. The largest absolute Gasteiger partial charge is 0.468 e. The van der Waals surface area contributed by atoms with E-state index in [4.69, 9.17) is 4.74 Å². The van der Waals surface area contributed by atoms with E-state index < -0.39 is 12.1 Å². The van der Waals surface area contributed by atoms with Gasteiger partial charge in [-0.25, -0.2) is 4.79 Å². The summed E-state index contributed by atoms with van der Waals surface area (Å²) >= 11 is 0. The number of hydrogen-bond acceptors (Lipinski definition) is 5. The van der Waals surface area contributed by atoms with Gasteiger partial charge in [-0.1, -0.05) is 0 Å². The van der Waals surface area contributed by atoms with E-state index in [1.807, 2.05) is 0 Å². The summed E-state index contributed by atoms with van der Waals surface area (Å²) in [5.74, 6) is -0.509. The standard InChI is InChI=1S/C5H9NO4.C5H10O/c1-9-4(7)3-6-5(8)10-2;1-2-4-6-5-3-1/h3H2,1-2H3,(H,6,8);1-5H2. The summed E-state index contributed by atoms with van der Waals surface area (Å²) in [5.41, 5.74) is 0. The lowest BCUT2D eigenvalue weighted by atomic mass is 10.2. The number of rotatable bonds is 2. The highest BCUT2D eigenvalue weighted by molar-refractivity contribution is 5.77. The van der Waals surface area contributed by atoms with E-state index in [2.05, 4.69) is 14.8 Å². The number of nitrogens with one attached hydrogen (secondary N) is 1. The Morgan fingerprint density at radius 1 is 1.12 bits per heavy atom. The lowest BCUT2D eigenvalue weighted by molar-refractivity contribution is -0.139. The summed E-state index contributed by atoms with van der Waals surface area (Å²) < 4.78 is 13.5. The van der Waals surface area contributed by atoms with Crippen molar-refractivity contribution in [1.82, 2.24) is 5.32 Å². The van der Waals surface area contributed by atoms with Gasteiger partial charge in [0.1, 0.15) is 6.54 Å². The number of carbonyl (C=O) groups excluding carboxylic acids is 2. The Hall–Kier alpha value is -1.30. The highest BCUT2D eigenvalue weighted by Gasteiger charge is 2.02. The second kappa shape index (κ2) is 10.2. The molecular formula is C10H19NO5. The molecule has 6 heteroatoms. The maximum absolute atomic E-state index is 10.3. The molecule has 1 aliphatic rings. The Balaban J connectivity index is 0.000000315. The molecule has 0 radical (unpaired) electrons. The van der Waals surface area contributed by atoms with Crippen LogP contribution in [-0.4, -0.2) is 46.0 Å². The summed E-state index contributed by atoms with van der Waals surface area (Å²) in [6.07, 6.45) is 3.28. The van der Waals surface area contributed by atoms with Crippen LogP contribution in [0, 0.1) is 0 Å². The van der Waals surface area contributed by atoms with Gasteiger partial charge in [0.25, 0.3) is 0 Å². The molecule has 94 valence electrons. The van der Waals surface area contributed by atoms with Crippen molar-refractivity contribution in [3.8, 4) is 0 Å². The maximum Gasteiger partial charge on any atom is 0.407 e. The van der Waals surface area contributed by atoms with Crippen LogP contribution in [0.4, 0.5) is 4.79 Å². The average Bonchev–Trinajstić information content (AvgIpc) is 2.38. The zero-order valence-electron chi connectivity index (χ0n) is 9.78. The number of amides is 1. The van der Waals surface area contributed by atoms with Crippen LogP contribution in [0.2, 0.25) is 0 Å². The van der Waals surface area contributed by atoms with Gasteiger partial charge in [-0.3, -0.25) is 4.79 Å². The van der Waals surface area contributed by atoms with Gasteiger partial charge in [-0.15, -0.1) is 0 Å². The van der Waals surface area contributed by atoms with Crippen molar-refractivity contribution in [2.24, 2.45) is 0 Å². The zero-order chi connectivity index (χ0) is 12.2. The van der Waals surface area contributed by atoms with Gasteiger partial charge in [-0.05, 0) is 19.3 Å². The first-order valence-corrected chi connectivity index (χ1v) is 5.17. The molecular weight excluding hydrogens is 214 g/mol. The normalized spacial score (nSPS) is 14.1. The van der Waals surface area contributed by atoms with Gasteiger partial charge in [0.2, 0.25) is 0 Å². The maximum atomic E-state index is 10.3. The molecule has 1 fully saturated rings. The minimum absolute atomic E-state index is 0.164. The van der Waals surface area contributed by atoms with Crippen molar-refractivity contribution in [3.63, 3.8) is 0 Å². The molecule has 16 heavy (non-hydrogen) atoms. The molecule has 0 aliphatic carbocycles. The molecule has 6 nitrogen and oxygen atoms in total. The van der Waals surface area contributed by atoms with Gasteiger partial charge in [-0.2, -0.15) is 0 Å². The second-order valence-electron chi connectivity index (χ2n) is 3.09. The first-order valence-electron chi connectivity index (χ1n) is 5.17. The number of carbonyl (C=O) groups is 2. The minimum Gasteiger partial charge on any atom is -0.468 e. The first kappa shape index (κ1) is 14.7. The van der Waals surface area contributed by atoms with Gasteiger partial charge < -0.3 is 19.5 Å². The van der Waals surface area contributed by atoms with Crippen molar-refractivity contribution < 1.29 is 23.8 Å². The van der Waals surface area contributed by atoms with Crippen molar-refractivity contribution in [1.29, 1.82) is 0 Å². The molecule has 0 aromatic heterocycles. The summed E-state index contributed by atoms with van der Waals surface area (Å²) in [6, 6.07) is 0. The molecule has 0 bridgehead atoms. The Labute approximate surface area is 95.2 Å². The Bertz CT molecular complexity index is 176. The number of ether oxygens (including phenoxy) is 3. The van der Waals surface area contributed by atoms with Crippen LogP contribution >= 0.6 is 0 Å². The molecule has 0 atom stereocenters. The third kappa shape index (κ3) is 9.26. The monoisotopic (exact) mass is 233 g/mol. The Morgan fingerprint density at radius 3 is 2.06 bits per heavy atom. The van der Waals surface area contributed by atoms with Crippen LogP contribution in [-0.2, 0) is 19.0 Å². The van der Waals surface area contributed by atoms with Crippen LogP contribution in [0.25, 0.3) is 0 Å². The van der Waals surface area contributed by atoms with Crippen LogP contribution in [0.3, 0.4) is 0 Å². The molecule has 1 saturated heterocycles. The topological polar surface area (TPSA) is 73.9 Å². The predicted molar refractivity (Wildman–Crippen MR) is 57.1 cm³/mol. The quantitative estimate of drug-likeness (QED) is 0.711. The molecule has 1 amide bonds. The molecule has 1 rings (SSSR count). The highest BCUT2D eigenvalue weighted by Crippen LogP contribution is 2.02. The van der Waals surface area contributed by atoms with E-state index >= 15 is 0 Å². The van der Waals surface area contributed by atoms with E-state index in [9.17, 15) is 9.59 Å². The fourth-order valence-corrected chi connectivity index (χ4v) is 0.976. The van der Waals surface area contributed by atoms with Gasteiger partial charge in [0, 0.05) is 13.2 Å². The number of esters is 1. The van der Waals surface area contributed by atoms with E-state index in [-0.39, 0.29) is 6.54 Å². The zero-order valence-corrected chi connectivity index (χ0v) is 9.78. The summed E-state index contributed by atoms with van der Waals surface area (Å²) in [7, 11) is 2.45. The van der Waals surface area contributed by atoms with E-state index in [1.165, 1.54) is 33.5 Å². The molecule has 0 saturated carbocycles. The van der Waals surface area contributed by atoms with Gasteiger partial charge >= 0.3 is 12.1 Å². The van der Waals surface area contributed by atoms with Crippen molar-refractivity contribution in [2.75, 3.05) is 34.0 Å². The molecule has 0 aromatic carbocycles. The SMILES string of the molecule is C1CCOCC1.COC(=O)CNC(=O)OC. The highest BCUT2D eigenvalue weighted by atomic mass is 16.5. The lowest BCUT2D eigenvalue weighted by Crippen LogP contribution is -2.29. The molecule has 1 heterocycles. The van der Waals surface area contributed by atoms with Crippen LogP contribution in [0.15, 0.2) is 0 Å². The minimum atomic E-state index is -0.648. The summed E-state index contributed by atoms with van der Waals surface area (Å²) in [4.78, 5) is 20.6. The number of alkyl carbamates (subject to hydrolysis) is 1. The van der Waals surface area contributed by atoms with Crippen molar-refractivity contribution in [3.05, 3.63) is 0 Å². The van der Waals surface area contributed by atoms with E-state index in [0.717, 1.165) is 13.2 Å². The lowest BCUT2D eigenvalue weighted by Gasteiger charge is -2.08. The third-order valence-corrected chi connectivity index (χ3v) is 1.87. The fourth-order valence-electron chi connectivity index (χ4n) is 0.976. The van der Waals surface area contributed by atoms with Crippen LogP contribution in [0.1, 0.15) is 19.3 Å². The van der Waals surface area contributed by atoms with Crippen molar-refractivity contribution >= 4 is 12.1 Å². The number of hydrogen-bond donors (Lipinski definition) is 1. The molecule has 1 aliphatic heterocycles. The fraction of sp³-hybridized carbons (Fsp3) is 0.800. The summed E-state index contributed by atoms with van der Waals surface area (Å²) in [5, 5.41) is 2.15. The average molecular weight is 233 g/mol. The van der Waals surface area contributed by atoms with E-state index in [1.54, 1.807) is 0 Å².